The minimum absolute atomic E-state index is 0.0325. The number of ether oxygens (including phenoxy) is 3. The van der Waals surface area contributed by atoms with Crippen LogP contribution in [0.15, 0.2) is 48.0 Å². The summed E-state index contributed by atoms with van der Waals surface area (Å²) < 4.78 is 56.3. The predicted octanol–water partition coefficient (Wildman–Crippen LogP) is 8.73. The number of anilines is 2. The Hall–Kier alpha value is -3.48. The Morgan fingerprint density at radius 2 is 1.83 bits per heavy atom. The lowest BCUT2D eigenvalue weighted by Gasteiger charge is -2.15. The third-order valence-electron chi connectivity index (χ3n) is 5.72. The van der Waals surface area contributed by atoms with Crippen molar-refractivity contribution in [2.24, 2.45) is 5.92 Å². The van der Waals surface area contributed by atoms with Gasteiger partial charge in [-0.15, -0.1) is 22.7 Å². The van der Waals surface area contributed by atoms with E-state index in [4.69, 9.17) is 19.2 Å². The van der Waals surface area contributed by atoms with Crippen molar-refractivity contribution in [3.8, 4) is 27.4 Å². The number of carbonyl (C=O) groups is 1. The van der Waals surface area contributed by atoms with Crippen molar-refractivity contribution in [2.45, 2.75) is 40.3 Å². The number of rotatable bonds is 11. The van der Waals surface area contributed by atoms with Crippen molar-refractivity contribution in [1.29, 1.82) is 0 Å². The van der Waals surface area contributed by atoms with Crippen LogP contribution in [0.2, 0.25) is 0 Å². The van der Waals surface area contributed by atoms with Crippen molar-refractivity contribution < 1.29 is 32.2 Å². The van der Waals surface area contributed by atoms with E-state index in [-0.39, 0.29) is 36.3 Å². The maximum Gasteiger partial charge on any atom is 0.419 e. The third kappa shape index (κ3) is 8.30. The zero-order valence-corrected chi connectivity index (χ0v) is 25.9. The van der Waals surface area contributed by atoms with E-state index in [0.29, 0.717) is 22.8 Å². The van der Waals surface area contributed by atoms with Crippen LogP contribution in [0.4, 0.5) is 24.1 Å². The largest absolute Gasteiger partial charge is 0.491 e. The quantitative estimate of drug-likeness (QED) is 0.132. The number of nitrogens with one attached hydrogen (secondary N) is 1. The number of alkyl halides is 3. The third-order valence-corrected chi connectivity index (χ3v) is 7.63. The molecule has 0 unspecified atom stereocenters. The monoisotopic (exact) mass is 621 g/mol. The molecule has 1 N–H and O–H groups in total. The number of thiazole rings is 1. The fourth-order valence-corrected chi connectivity index (χ4v) is 5.81. The second-order valence-electron chi connectivity index (χ2n) is 9.15. The molecule has 4 aromatic rings. The molecule has 7 nitrogen and oxygen atoms in total. The summed E-state index contributed by atoms with van der Waals surface area (Å²) in [6.45, 7) is 8.20. The van der Waals surface area contributed by atoms with Gasteiger partial charge in [-0.3, -0.25) is 0 Å². The Labute approximate surface area is 251 Å². The Morgan fingerprint density at radius 1 is 1.07 bits per heavy atom. The fraction of sp³-hybridized carbons (Fsp3) is 0.367. The number of halogens is 3. The number of aromatic nitrogens is 2. The molecule has 0 saturated heterocycles. The lowest BCUT2D eigenvalue weighted by atomic mass is 10.0. The number of esters is 1. The highest BCUT2D eigenvalue weighted by Gasteiger charge is 2.35. The van der Waals surface area contributed by atoms with E-state index in [1.165, 1.54) is 49.0 Å². The summed E-state index contributed by atoms with van der Waals surface area (Å²) in [7, 11) is 2.74. The summed E-state index contributed by atoms with van der Waals surface area (Å²) in [5.74, 6) is -0.334. The van der Waals surface area contributed by atoms with Gasteiger partial charge < -0.3 is 19.5 Å². The van der Waals surface area contributed by atoms with Crippen LogP contribution >= 0.6 is 22.7 Å². The van der Waals surface area contributed by atoms with Crippen molar-refractivity contribution in [1.82, 2.24) is 9.97 Å². The summed E-state index contributed by atoms with van der Waals surface area (Å²) in [5, 5.41) is 5.50. The lowest BCUT2D eigenvalue weighted by molar-refractivity contribution is -0.139. The van der Waals surface area contributed by atoms with Crippen molar-refractivity contribution in [2.75, 3.05) is 32.8 Å². The molecule has 0 spiro atoms. The molecule has 0 bridgehead atoms. The molecule has 4 rings (SSSR count). The van der Waals surface area contributed by atoms with Crippen LogP contribution in [0.3, 0.4) is 0 Å². The van der Waals surface area contributed by atoms with Crippen molar-refractivity contribution in [3.63, 3.8) is 0 Å². The summed E-state index contributed by atoms with van der Waals surface area (Å²) in [5.41, 5.74) is 1.14. The van der Waals surface area contributed by atoms with E-state index >= 15 is 0 Å². The van der Waals surface area contributed by atoms with Gasteiger partial charge in [-0.1, -0.05) is 39.8 Å². The van der Waals surface area contributed by atoms with Gasteiger partial charge >= 0.3 is 12.1 Å². The molecule has 3 aromatic heterocycles. The standard InChI is InChI=1S/C28H28F3N3O4S2.C2H6/c1-16(2)12-23-24(17-7-8-20(28(29,30)31)21(14-17)38-10-9-36-3)33-27(40-23)34-25-19(26(35)37-4)13-18(15-32-25)22-6-5-11-39-22;1-2/h5-8,11,13-16H,9-10,12H2,1-4H3,(H,32,33,34);1-2H3. The highest BCUT2D eigenvalue weighted by atomic mass is 32.1. The van der Waals surface area contributed by atoms with E-state index in [9.17, 15) is 18.0 Å². The summed E-state index contributed by atoms with van der Waals surface area (Å²) in [6, 6.07) is 9.29. The number of thiophene rings is 1. The zero-order valence-electron chi connectivity index (χ0n) is 24.3. The van der Waals surface area contributed by atoms with Gasteiger partial charge in [0, 0.05) is 34.2 Å². The first-order valence-corrected chi connectivity index (χ1v) is 15.0. The van der Waals surface area contributed by atoms with E-state index in [1.807, 2.05) is 45.2 Å². The molecule has 0 aliphatic carbocycles. The number of nitrogens with zero attached hydrogens (tertiary/aromatic N) is 2. The predicted molar refractivity (Wildman–Crippen MR) is 162 cm³/mol. The van der Waals surface area contributed by atoms with Gasteiger partial charge in [0.2, 0.25) is 0 Å². The second kappa shape index (κ2) is 15.1. The molecule has 0 radical (unpaired) electrons. The Kier molecular flexibility index (Phi) is 11.9. The smallest absolute Gasteiger partial charge is 0.419 e. The van der Waals surface area contributed by atoms with Crippen LogP contribution in [0, 0.1) is 5.92 Å². The van der Waals surface area contributed by atoms with Gasteiger partial charge in [0.05, 0.1) is 25.0 Å². The SMILES string of the molecule is CC.COCCOc1cc(-c2nc(Nc3ncc(-c4cccs4)cc3C(=O)OC)sc2CC(C)C)ccc1C(F)(F)F. The van der Waals surface area contributed by atoms with Gasteiger partial charge in [0.15, 0.2) is 5.13 Å². The van der Waals surface area contributed by atoms with Crippen LogP contribution in [0.25, 0.3) is 21.7 Å². The molecular weight excluding hydrogens is 587 g/mol. The number of methoxy groups -OCH3 is 2. The molecule has 0 fully saturated rings. The Balaban J connectivity index is 0.00000237. The molecule has 0 aliphatic heterocycles. The Bertz CT molecular complexity index is 1450. The lowest BCUT2D eigenvalue weighted by Crippen LogP contribution is -2.11. The van der Waals surface area contributed by atoms with Gasteiger partial charge in [-0.25, -0.2) is 14.8 Å². The van der Waals surface area contributed by atoms with Gasteiger partial charge in [-0.05, 0) is 42.0 Å². The molecule has 3 heterocycles. The van der Waals surface area contributed by atoms with E-state index in [0.717, 1.165) is 21.4 Å². The minimum Gasteiger partial charge on any atom is -0.491 e. The molecule has 42 heavy (non-hydrogen) atoms. The summed E-state index contributed by atoms with van der Waals surface area (Å²) in [6.07, 6.45) is -2.28. The number of hydrogen-bond acceptors (Lipinski definition) is 9. The average molecular weight is 622 g/mol. The maximum absolute atomic E-state index is 13.7. The molecular formula is C30H34F3N3O4S2. The summed E-state index contributed by atoms with van der Waals surface area (Å²) >= 11 is 2.87. The van der Waals surface area contributed by atoms with Crippen LogP contribution in [-0.2, 0) is 22.1 Å². The van der Waals surface area contributed by atoms with Crippen LogP contribution in [0.1, 0.15) is 48.5 Å². The maximum atomic E-state index is 13.7. The zero-order chi connectivity index (χ0) is 30.9. The van der Waals surface area contributed by atoms with E-state index in [1.54, 1.807) is 12.3 Å². The highest BCUT2D eigenvalue weighted by Crippen LogP contribution is 2.41. The first kappa shape index (κ1) is 33.0. The number of carbonyl (C=O) groups excluding carboxylic acids is 1. The molecule has 0 saturated carbocycles. The van der Waals surface area contributed by atoms with Crippen molar-refractivity contribution in [3.05, 3.63) is 64.0 Å². The number of benzene rings is 1. The highest BCUT2D eigenvalue weighted by molar-refractivity contribution is 7.16. The van der Waals surface area contributed by atoms with Gasteiger partial charge in [0.1, 0.15) is 23.7 Å². The summed E-state index contributed by atoms with van der Waals surface area (Å²) in [4.78, 5) is 23.6. The van der Waals surface area contributed by atoms with Crippen LogP contribution < -0.4 is 10.1 Å². The second-order valence-corrected chi connectivity index (χ2v) is 11.2. The van der Waals surface area contributed by atoms with E-state index < -0.39 is 17.7 Å². The first-order valence-electron chi connectivity index (χ1n) is 13.3. The minimum atomic E-state index is -4.58. The average Bonchev–Trinajstić information content (AvgIpc) is 3.64. The van der Waals surface area contributed by atoms with Crippen LogP contribution in [-0.4, -0.2) is 43.4 Å². The van der Waals surface area contributed by atoms with E-state index in [2.05, 4.69) is 10.3 Å². The molecule has 0 aliphatic rings. The first-order chi connectivity index (χ1) is 20.1. The molecule has 0 amide bonds. The molecule has 1 aromatic carbocycles. The molecule has 226 valence electrons. The molecule has 12 heteroatoms. The number of hydrogen-bond donors (Lipinski definition) is 1. The number of pyridine rings is 1. The van der Waals surface area contributed by atoms with Crippen LogP contribution in [0.5, 0.6) is 5.75 Å². The van der Waals surface area contributed by atoms with Gasteiger partial charge in [-0.2, -0.15) is 13.2 Å². The molecule has 0 atom stereocenters. The van der Waals surface area contributed by atoms with Crippen molar-refractivity contribution >= 4 is 39.6 Å². The van der Waals surface area contributed by atoms with Gasteiger partial charge in [0.25, 0.3) is 0 Å². The topological polar surface area (TPSA) is 82.6 Å². The fourth-order valence-electron chi connectivity index (χ4n) is 3.91. The normalized spacial score (nSPS) is 11.2. The Morgan fingerprint density at radius 3 is 2.45 bits per heavy atom.